The number of nitrogens with one attached hydrogen (secondary N) is 1. The van der Waals surface area contributed by atoms with E-state index in [0.717, 1.165) is 35.7 Å². The van der Waals surface area contributed by atoms with Crippen LogP contribution in [0.15, 0.2) is 24.7 Å². The molecule has 2 aromatic rings. The van der Waals surface area contributed by atoms with Crippen molar-refractivity contribution in [3.8, 4) is 5.75 Å². The maximum atomic E-state index is 13.0. The highest BCUT2D eigenvalue weighted by atomic mass is 16.5. The molecule has 2 saturated heterocycles. The Bertz CT molecular complexity index is 852. The van der Waals surface area contributed by atoms with Crippen molar-refractivity contribution in [2.75, 3.05) is 39.5 Å². The number of ether oxygens (including phenoxy) is 2. The van der Waals surface area contributed by atoms with Crippen LogP contribution in [0.1, 0.15) is 22.4 Å². The van der Waals surface area contributed by atoms with E-state index in [2.05, 4.69) is 27.9 Å². The summed E-state index contributed by atoms with van der Waals surface area (Å²) in [6.07, 6.45) is 3.57. The first kappa shape index (κ1) is 19.9. The number of imidazole rings is 1. The minimum absolute atomic E-state index is 0.0468. The SMILES string of the molecule is Cc1ccc(C)c(OCC(=O)N2C[C@@H]3COC[C@H](C2)N(Cc2cnc[nH]2)C3)c1C. The minimum Gasteiger partial charge on any atom is -0.483 e. The number of aromatic nitrogens is 2. The topological polar surface area (TPSA) is 70.7 Å². The second-order valence-electron chi connectivity index (χ2n) is 8.30. The molecule has 1 N–H and O–H groups in total. The fourth-order valence-electron chi connectivity index (χ4n) is 4.29. The van der Waals surface area contributed by atoms with E-state index in [9.17, 15) is 4.79 Å². The second-order valence-corrected chi connectivity index (χ2v) is 8.30. The van der Waals surface area contributed by atoms with Gasteiger partial charge in [0, 0.05) is 44.0 Å². The quantitative estimate of drug-likeness (QED) is 0.835. The number of fused-ring (bicyclic) bond motifs is 3. The highest BCUT2D eigenvalue weighted by Crippen LogP contribution is 2.26. The van der Waals surface area contributed by atoms with Gasteiger partial charge in [-0.05, 0) is 37.5 Å². The third-order valence-electron chi connectivity index (χ3n) is 6.08. The van der Waals surface area contributed by atoms with Gasteiger partial charge in [0.05, 0.1) is 25.6 Å². The van der Waals surface area contributed by atoms with E-state index in [1.165, 1.54) is 5.56 Å². The number of amides is 1. The number of benzene rings is 1. The Morgan fingerprint density at radius 3 is 2.83 bits per heavy atom. The van der Waals surface area contributed by atoms with Crippen LogP contribution in [0.25, 0.3) is 0 Å². The van der Waals surface area contributed by atoms with Gasteiger partial charge in [0.2, 0.25) is 0 Å². The van der Waals surface area contributed by atoms with Crippen LogP contribution in [0.3, 0.4) is 0 Å². The summed E-state index contributed by atoms with van der Waals surface area (Å²) >= 11 is 0. The van der Waals surface area contributed by atoms with Gasteiger partial charge in [-0.2, -0.15) is 0 Å². The van der Waals surface area contributed by atoms with Crippen LogP contribution < -0.4 is 4.74 Å². The number of rotatable bonds is 5. The Kier molecular flexibility index (Phi) is 5.87. The van der Waals surface area contributed by atoms with E-state index in [4.69, 9.17) is 9.47 Å². The zero-order chi connectivity index (χ0) is 20.4. The van der Waals surface area contributed by atoms with Crippen LogP contribution in [-0.4, -0.2) is 71.2 Å². The standard InChI is InChI=1S/C22H30N4O3/c1-15-4-5-16(2)22(17(15)3)29-13-21(27)26-8-18-7-25(9-19-6-23-14-24-19)20(10-26)12-28-11-18/h4-6,14,18,20H,7-13H2,1-3H3,(H,23,24)/t18-,20+/m1/s1. The van der Waals surface area contributed by atoms with Gasteiger partial charge in [0.1, 0.15) is 5.75 Å². The number of carbonyl (C=O) groups excluding carboxylic acids is 1. The molecule has 1 aromatic carbocycles. The van der Waals surface area contributed by atoms with Gasteiger partial charge >= 0.3 is 0 Å². The number of H-pyrrole nitrogens is 1. The van der Waals surface area contributed by atoms with Crippen LogP contribution in [0.2, 0.25) is 0 Å². The van der Waals surface area contributed by atoms with Crippen LogP contribution in [-0.2, 0) is 16.1 Å². The summed E-state index contributed by atoms with van der Waals surface area (Å²) in [4.78, 5) is 24.7. The Morgan fingerprint density at radius 1 is 1.21 bits per heavy atom. The van der Waals surface area contributed by atoms with E-state index in [-0.39, 0.29) is 18.6 Å². The van der Waals surface area contributed by atoms with Crippen LogP contribution in [0.5, 0.6) is 5.75 Å². The van der Waals surface area contributed by atoms with Crippen LogP contribution >= 0.6 is 0 Å². The molecule has 2 bridgehead atoms. The van der Waals surface area contributed by atoms with Crippen molar-refractivity contribution in [2.24, 2.45) is 5.92 Å². The van der Waals surface area contributed by atoms with Crippen molar-refractivity contribution in [3.63, 3.8) is 0 Å². The predicted octanol–water partition coefficient (Wildman–Crippen LogP) is 2.07. The molecular weight excluding hydrogens is 368 g/mol. The molecule has 1 aromatic heterocycles. The minimum atomic E-state index is 0.0468. The van der Waals surface area contributed by atoms with Gasteiger partial charge < -0.3 is 19.4 Å². The molecule has 29 heavy (non-hydrogen) atoms. The Hall–Kier alpha value is -2.38. The van der Waals surface area contributed by atoms with Crippen molar-refractivity contribution < 1.29 is 14.3 Å². The monoisotopic (exact) mass is 398 g/mol. The number of aromatic amines is 1. The third kappa shape index (κ3) is 4.46. The molecule has 7 nitrogen and oxygen atoms in total. The zero-order valence-electron chi connectivity index (χ0n) is 17.5. The second kappa shape index (κ2) is 8.55. The molecule has 4 rings (SSSR count). The molecule has 2 aliphatic heterocycles. The molecule has 0 spiro atoms. The van der Waals surface area contributed by atoms with Gasteiger partial charge in [-0.15, -0.1) is 0 Å². The molecular formula is C22H30N4O3. The molecule has 3 heterocycles. The van der Waals surface area contributed by atoms with E-state index in [0.29, 0.717) is 32.2 Å². The fourth-order valence-corrected chi connectivity index (χ4v) is 4.29. The summed E-state index contributed by atoms with van der Waals surface area (Å²) < 4.78 is 11.9. The number of hydrogen-bond donors (Lipinski definition) is 1. The lowest BCUT2D eigenvalue weighted by atomic mass is 10.1. The highest BCUT2D eigenvalue weighted by molar-refractivity contribution is 5.78. The van der Waals surface area contributed by atoms with E-state index >= 15 is 0 Å². The summed E-state index contributed by atoms with van der Waals surface area (Å²) in [5.74, 6) is 1.18. The fraction of sp³-hybridized carbons (Fsp3) is 0.545. The van der Waals surface area contributed by atoms with Crippen molar-refractivity contribution in [2.45, 2.75) is 33.4 Å². The summed E-state index contributed by atoms with van der Waals surface area (Å²) in [7, 11) is 0. The number of carbonyl (C=O) groups is 1. The Labute approximate surface area is 172 Å². The molecule has 0 aliphatic carbocycles. The zero-order valence-corrected chi connectivity index (χ0v) is 17.5. The van der Waals surface area contributed by atoms with Gasteiger partial charge in [-0.25, -0.2) is 4.98 Å². The first-order valence-corrected chi connectivity index (χ1v) is 10.3. The van der Waals surface area contributed by atoms with Crippen molar-refractivity contribution >= 4 is 5.91 Å². The molecule has 0 saturated carbocycles. The highest BCUT2D eigenvalue weighted by Gasteiger charge is 2.35. The maximum absolute atomic E-state index is 13.0. The molecule has 2 atom stereocenters. The summed E-state index contributed by atoms with van der Waals surface area (Å²) in [5.41, 5.74) is 4.43. The smallest absolute Gasteiger partial charge is 0.260 e. The molecule has 1 amide bonds. The largest absolute Gasteiger partial charge is 0.483 e. The average Bonchev–Trinajstić information content (AvgIpc) is 3.04. The summed E-state index contributed by atoms with van der Waals surface area (Å²) in [6.45, 7) is 10.6. The van der Waals surface area contributed by atoms with Gasteiger partial charge in [0.25, 0.3) is 5.91 Å². The molecule has 2 fully saturated rings. The summed E-state index contributed by atoms with van der Waals surface area (Å²) in [6, 6.07) is 4.31. The molecule has 0 unspecified atom stereocenters. The first-order valence-electron chi connectivity index (χ1n) is 10.3. The third-order valence-corrected chi connectivity index (χ3v) is 6.08. The lowest BCUT2D eigenvalue weighted by Gasteiger charge is -2.31. The Balaban J connectivity index is 1.43. The number of nitrogens with zero attached hydrogens (tertiary/aromatic N) is 3. The predicted molar refractivity (Wildman–Crippen MR) is 110 cm³/mol. The molecule has 7 heteroatoms. The van der Waals surface area contributed by atoms with Crippen molar-refractivity contribution in [1.29, 1.82) is 0 Å². The Morgan fingerprint density at radius 2 is 2.03 bits per heavy atom. The van der Waals surface area contributed by atoms with Crippen LogP contribution in [0.4, 0.5) is 0 Å². The van der Waals surface area contributed by atoms with Crippen LogP contribution in [0, 0.1) is 26.7 Å². The van der Waals surface area contributed by atoms with Gasteiger partial charge in [0.15, 0.2) is 6.61 Å². The van der Waals surface area contributed by atoms with Gasteiger partial charge in [-0.3, -0.25) is 9.69 Å². The lowest BCUT2D eigenvalue weighted by Crippen LogP contribution is -2.46. The van der Waals surface area contributed by atoms with E-state index in [1.54, 1.807) is 6.33 Å². The molecule has 156 valence electrons. The summed E-state index contributed by atoms with van der Waals surface area (Å²) in [5, 5.41) is 0. The first-order chi connectivity index (χ1) is 14.0. The lowest BCUT2D eigenvalue weighted by molar-refractivity contribution is -0.135. The van der Waals surface area contributed by atoms with Gasteiger partial charge in [-0.1, -0.05) is 12.1 Å². The average molecular weight is 399 g/mol. The maximum Gasteiger partial charge on any atom is 0.260 e. The van der Waals surface area contributed by atoms with Crippen molar-refractivity contribution in [3.05, 3.63) is 47.0 Å². The normalized spacial score (nSPS) is 22.4. The van der Waals surface area contributed by atoms with Crippen molar-refractivity contribution in [1.82, 2.24) is 19.8 Å². The van der Waals surface area contributed by atoms with E-state index in [1.807, 2.05) is 31.0 Å². The number of hydrogen-bond acceptors (Lipinski definition) is 5. The number of aryl methyl sites for hydroxylation is 2. The molecule has 0 radical (unpaired) electrons. The van der Waals surface area contributed by atoms with E-state index < -0.39 is 0 Å². The molecule has 2 aliphatic rings.